The number of rotatable bonds is 2. The van der Waals surface area contributed by atoms with Gasteiger partial charge in [0.1, 0.15) is 5.69 Å². The molecule has 0 aliphatic carbocycles. The van der Waals surface area contributed by atoms with Gasteiger partial charge < -0.3 is 19.1 Å². The van der Waals surface area contributed by atoms with Gasteiger partial charge in [-0.25, -0.2) is 4.98 Å². The third-order valence-electron chi connectivity index (χ3n) is 4.00. The number of pyridine rings is 1. The number of piperidine rings is 1. The second kappa shape index (κ2) is 5.67. The van der Waals surface area contributed by atoms with E-state index < -0.39 is 0 Å². The molecular weight excluding hydrogens is 286 g/mol. The summed E-state index contributed by atoms with van der Waals surface area (Å²) in [7, 11) is 1.38. The minimum atomic E-state index is -0.218. The van der Waals surface area contributed by atoms with Crippen LogP contribution in [0.25, 0.3) is 5.65 Å². The highest BCUT2D eigenvalue weighted by molar-refractivity contribution is 5.93. The summed E-state index contributed by atoms with van der Waals surface area (Å²) in [6, 6.07) is 3.21. The number of carbonyl (C=O) groups is 2. The van der Waals surface area contributed by atoms with Gasteiger partial charge in [0, 0.05) is 25.5 Å². The predicted octanol–water partition coefficient (Wildman–Crippen LogP) is 1.07. The smallest absolute Gasteiger partial charge is 0.308 e. The van der Waals surface area contributed by atoms with Crippen LogP contribution in [0.2, 0.25) is 0 Å². The molecule has 0 radical (unpaired) electrons. The number of ether oxygens (including phenoxy) is 1. The lowest BCUT2D eigenvalue weighted by atomic mass is 9.97. The first-order chi connectivity index (χ1) is 10.6. The predicted molar refractivity (Wildman–Crippen MR) is 77.5 cm³/mol. The van der Waals surface area contributed by atoms with Crippen LogP contribution in [0.4, 0.5) is 0 Å². The molecule has 0 atom stereocenters. The molecule has 116 valence electrons. The van der Waals surface area contributed by atoms with Crippen LogP contribution in [0.3, 0.4) is 0 Å². The molecule has 7 nitrogen and oxygen atoms in total. The maximum Gasteiger partial charge on any atom is 0.308 e. The summed E-state index contributed by atoms with van der Waals surface area (Å²) in [4.78, 5) is 29.8. The van der Waals surface area contributed by atoms with Crippen molar-refractivity contribution in [2.24, 2.45) is 5.92 Å². The van der Waals surface area contributed by atoms with Crippen molar-refractivity contribution in [1.82, 2.24) is 14.3 Å². The van der Waals surface area contributed by atoms with Gasteiger partial charge in [-0.2, -0.15) is 0 Å². The molecule has 1 saturated heterocycles. The topological polar surface area (TPSA) is 84.1 Å². The molecule has 22 heavy (non-hydrogen) atoms. The molecule has 1 aliphatic rings. The Labute approximate surface area is 127 Å². The second-order valence-electron chi connectivity index (χ2n) is 5.34. The van der Waals surface area contributed by atoms with Gasteiger partial charge in [0.05, 0.1) is 13.0 Å². The number of amides is 1. The van der Waals surface area contributed by atoms with E-state index in [9.17, 15) is 14.7 Å². The van der Waals surface area contributed by atoms with Crippen molar-refractivity contribution in [2.45, 2.75) is 12.8 Å². The Kier molecular flexibility index (Phi) is 3.70. The third-order valence-corrected chi connectivity index (χ3v) is 4.00. The highest BCUT2D eigenvalue weighted by Gasteiger charge is 2.29. The second-order valence-corrected chi connectivity index (χ2v) is 5.34. The maximum atomic E-state index is 12.5. The number of hydrogen-bond donors (Lipinski definition) is 1. The molecule has 3 rings (SSSR count). The number of imidazole rings is 1. The lowest BCUT2D eigenvalue weighted by Gasteiger charge is -2.30. The van der Waals surface area contributed by atoms with Crippen LogP contribution < -0.4 is 0 Å². The van der Waals surface area contributed by atoms with Crippen LogP contribution in [0, 0.1) is 5.92 Å². The zero-order chi connectivity index (χ0) is 15.7. The van der Waals surface area contributed by atoms with E-state index >= 15 is 0 Å². The molecule has 1 aliphatic heterocycles. The van der Waals surface area contributed by atoms with Crippen molar-refractivity contribution in [3.05, 3.63) is 30.2 Å². The maximum absolute atomic E-state index is 12.5. The molecule has 0 bridgehead atoms. The molecule has 3 heterocycles. The summed E-state index contributed by atoms with van der Waals surface area (Å²) in [5, 5.41) is 9.74. The van der Waals surface area contributed by atoms with E-state index in [4.69, 9.17) is 4.74 Å². The van der Waals surface area contributed by atoms with Crippen LogP contribution in [-0.2, 0) is 9.53 Å². The molecule has 7 heteroatoms. The molecule has 2 aromatic rings. The van der Waals surface area contributed by atoms with Crippen LogP contribution >= 0.6 is 0 Å². The van der Waals surface area contributed by atoms with E-state index in [-0.39, 0.29) is 29.2 Å². The van der Waals surface area contributed by atoms with Crippen LogP contribution in [0.1, 0.15) is 23.3 Å². The fraction of sp³-hybridized carbons (Fsp3) is 0.400. The molecule has 1 fully saturated rings. The van der Waals surface area contributed by atoms with Crippen molar-refractivity contribution in [3.63, 3.8) is 0 Å². The molecule has 1 N–H and O–H groups in total. The molecule has 1 amide bonds. The van der Waals surface area contributed by atoms with Crippen molar-refractivity contribution in [2.75, 3.05) is 20.2 Å². The third kappa shape index (κ3) is 2.49. The number of carbonyl (C=O) groups excluding carboxylic acids is 2. The van der Waals surface area contributed by atoms with E-state index in [2.05, 4.69) is 4.98 Å². The van der Waals surface area contributed by atoms with Gasteiger partial charge in [-0.1, -0.05) is 0 Å². The highest BCUT2D eigenvalue weighted by atomic mass is 16.5. The Morgan fingerprint density at radius 1 is 1.36 bits per heavy atom. The van der Waals surface area contributed by atoms with E-state index in [1.54, 1.807) is 27.8 Å². The minimum Gasteiger partial charge on any atom is -0.504 e. The van der Waals surface area contributed by atoms with Crippen molar-refractivity contribution in [3.8, 4) is 5.75 Å². The summed E-state index contributed by atoms with van der Waals surface area (Å²) < 4.78 is 6.35. The van der Waals surface area contributed by atoms with Crippen LogP contribution in [-0.4, -0.2) is 51.5 Å². The van der Waals surface area contributed by atoms with Gasteiger partial charge in [-0.15, -0.1) is 0 Å². The number of aromatic hydroxyl groups is 1. The SMILES string of the molecule is COC(=O)C1CCN(C(=O)c2cn3cccc(O)c3n2)CC1. The first-order valence-corrected chi connectivity index (χ1v) is 7.14. The number of fused-ring (bicyclic) bond motifs is 1. The molecule has 0 unspecified atom stereocenters. The Morgan fingerprint density at radius 2 is 2.09 bits per heavy atom. The van der Waals surface area contributed by atoms with Gasteiger partial charge in [-0.05, 0) is 25.0 Å². The summed E-state index contributed by atoms with van der Waals surface area (Å²) in [5.41, 5.74) is 0.647. The Bertz CT molecular complexity index is 717. The summed E-state index contributed by atoms with van der Waals surface area (Å²) in [6.07, 6.45) is 4.51. The van der Waals surface area contributed by atoms with Crippen LogP contribution in [0.15, 0.2) is 24.5 Å². The minimum absolute atomic E-state index is 0.0333. The van der Waals surface area contributed by atoms with Gasteiger partial charge in [0.25, 0.3) is 5.91 Å². The van der Waals surface area contributed by atoms with Crippen molar-refractivity contribution >= 4 is 17.5 Å². The Hall–Kier alpha value is -2.57. The van der Waals surface area contributed by atoms with Crippen molar-refractivity contribution in [1.29, 1.82) is 0 Å². The molecule has 0 aromatic carbocycles. The highest BCUT2D eigenvalue weighted by Crippen LogP contribution is 2.21. The molecule has 0 spiro atoms. The van der Waals surface area contributed by atoms with Crippen molar-refractivity contribution < 1.29 is 19.4 Å². The summed E-state index contributed by atoms with van der Waals surface area (Å²) >= 11 is 0. The van der Waals surface area contributed by atoms with Gasteiger partial charge >= 0.3 is 5.97 Å². The monoisotopic (exact) mass is 303 g/mol. The first kappa shape index (κ1) is 14.4. The number of aromatic nitrogens is 2. The van der Waals surface area contributed by atoms with E-state index in [0.29, 0.717) is 31.6 Å². The number of likely N-dealkylation sites (tertiary alicyclic amines) is 1. The summed E-state index contributed by atoms with van der Waals surface area (Å²) in [6.45, 7) is 0.997. The lowest BCUT2D eigenvalue weighted by molar-refractivity contribution is -0.146. The first-order valence-electron chi connectivity index (χ1n) is 7.14. The largest absolute Gasteiger partial charge is 0.504 e. The van der Waals surface area contributed by atoms with Gasteiger partial charge in [0.2, 0.25) is 0 Å². The quantitative estimate of drug-likeness (QED) is 0.839. The average molecular weight is 303 g/mol. The Morgan fingerprint density at radius 3 is 2.73 bits per heavy atom. The number of hydrogen-bond acceptors (Lipinski definition) is 5. The molecule has 2 aromatic heterocycles. The molecular formula is C15H17N3O4. The number of esters is 1. The van der Waals surface area contributed by atoms with Gasteiger partial charge in [0.15, 0.2) is 11.4 Å². The van der Waals surface area contributed by atoms with E-state index in [0.717, 1.165) is 0 Å². The average Bonchev–Trinajstić information content (AvgIpc) is 2.99. The summed E-state index contributed by atoms with van der Waals surface area (Å²) in [5.74, 6) is -0.513. The fourth-order valence-corrected chi connectivity index (χ4v) is 2.75. The zero-order valence-corrected chi connectivity index (χ0v) is 12.2. The number of methoxy groups -OCH3 is 1. The van der Waals surface area contributed by atoms with E-state index in [1.807, 2.05) is 0 Å². The van der Waals surface area contributed by atoms with E-state index in [1.165, 1.54) is 13.2 Å². The Balaban J connectivity index is 1.74. The normalized spacial score (nSPS) is 16.0. The number of nitrogens with zero attached hydrogens (tertiary/aromatic N) is 3. The lowest BCUT2D eigenvalue weighted by Crippen LogP contribution is -2.40. The standard InChI is InChI=1S/C15H17N3O4/c1-22-15(21)10-4-7-17(8-5-10)14(20)11-9-18-6-2-3-12(19)13(18)16-11/h2-3,6,9-10,19H,4-5,7-8H2,1H3. The fourth-order valence-electron chi connectivity index (χ4n) is 2.75. The molecule has 0 saturated carbocycles. The van der Waals surface area contributed by atoms with Crippen LogP contribution in [0.5, 0.6) is 5.75 Å². The van der Waals surface area contributed by atoms with Gasteiger partial charge in [-0.3, -0.25) is 9.59 Å². The zero-order valence-electron chi connectivity index (χ0n) is 12.2.